The smallest absolute Gasteiger partial charge is 0.308 e. The van der Waals surface area contributed by atoms with Crippen LogP contribution in [0.4, 0.5) is 0 Å². The Morgan fingerprint density at radius 2 is 1.83 bits per heavy atom. The number of carboxylic acid groups (broad SMARTS) is 1. The molecule has 1 saturated heterocycles. The summed E-state index contributed by atoms with van der Waals surface area (Å²) in [6, 6.07) is 0.194. The topological polar surface area (TPSA) is 59.0 Å². The standard InChI is InChI=1S/C13H21NO4/c1-17-13(18-2)6-14(7-13)11-9-4-3-8(5-9)10(11)12(15)16/h8-11H,3-7H2,1-2H3,(H,15,16). The number of hydrogen-bond donors (Lipinski definition) is 1. The van der Waals surface area contributed by atoms with Crippen molar-refractivity contribution in [2.24, 2.45) is 17.8 Å². The van der Waals surface area contributed by atoms with Gasteiger partial charge in [-0.2, -0.15) is 0 Å². The lowest BCUT2D eigenvalue weighted by molar-refractivity contribution is -0.286. The van der Waals surface area contributed by atoms with Gasteiger partial charge in [-0.05, 0) is 31.1 Å². The molecule has 4 atom stereocenters. The number of nitrogens with zero attached hydrogens (tertiary/aromatic N) is 1. The zero-order valence-corrected chi connectivity index (χ0v) is 11.0. The van der Waals surface area contributed by atoms with Gasteiger partial charge in [-0.1, -0.05) is 0 Å². The summed E-state index contributed by atoms with van der Waals surface area (Å²) in [6.45, 7) is 1.38. The Balaban J connectivity index is 1.72. The fourth-order valence-corrected chi connectivity index (χ4v) is 4.26. The van der Waals surface area contributed by atoms with Crippen molar-refractivity contribution < 1.29 is 19.4 Å². The average molecular weight is 255 g/mol. The van der Waals surface area contributed by atoms with Crippen molar-refractivity contribution in [3.05, 3.63) is 0 Å². The molecule has 1 N–H and O–H groups in total. The molecule has 5 heteroatoms. The molecule has 102 valence electrons. The van der Waals surface area contributed by atoms with E-state index in [-0.39, 0.29) is 12.0 Å². The normalized spacial score (nSPS) is 41.9. The first-order valence-electron chi connectivity index (χ1n) is 6.67. The minimum atomic E-state index is -0.625. The fraction of sp³-hybridized carbons (Fsp3) is 0.923. The van der Waals surface area contributed by atoms with Crippen LogP contribution in [0.25, 0.3) is 0 Å². The van der Waals surface area contributed by atoms with Gasteiger partial charge in [0.05, 0.1) is 19.0 Å². The molecule has 0 spiro atoms. The third kappa shape index (κ3) is 1.61. The first-order valence-corrected chi connectivity index (χ1v) is 6.67. The Kier molecular flexibility index (Phi) is 2.88. The van der Waals surface area contributed by atoms with Crippen molar-refractivity contribution in [2.75, 3.05) is 27.3 Å². The van der Waals surface area contributed by atoms with Gasteiger partial charge in [0.15, 0.2) is 5.79 Å². The molecule has 0 aromatic carbocycles. The van der Waals surface area contributed by atoms with E-state index >= 15 is 0 Å². The Morgan fingerprint density at radius 3 is 2.39 bits per heavy atom. The van der Waals surface area contributed by atoms with Crippen LogP contribution in [-0.4, -0.2) is 55.1 Å². The highest BCUT2D eigenvalue weighted by molar-refractivity contribution is 5.72. The molecule has 0 radical (unpaired) electrons. The lowest BCUT2D eigenvalue weighted by Gasteiger charge is -2.52. The van der Waals surface area contributed by atoms with Crippen LogP contribution in [0.15, 0.2) is 0 Å². The summed E-state index contributed by atoms with van der Waals surface area (Å²) in [5, 5.41) is 9.43. The lowest BCUT2D eigenvalue weighted by Crippen LogP contribution is -2.68. The van der Waals surface area contributed by atoms with E-state index in [0.29, 0.717) is 24.9 Å². The van der Waals surface area contributed by atoms with Crippen LogP contribution in [0.5, 0.6) is 0 Å². The van der Waals surface area contributed by atoms with Crippen molar-refractivity contribution in [3.63, 3.8) is 0 Å². The molecule has 4 unspecified atom stereocenters. The van der Waals surface area contributed by atoms with E-state index in [0.717, 1.165) is 12.8 Å². The first kappa shape index (κ1) is 12.4. The SMILES string of the molecule is COC1(OC)CN(C2C3CCC(C3)C2C(=O)O)C1. The van der Waals surface area contributed by atoms with Crippen molar-refractivity contribution in [1.82, 2.24) is 4.90 Å². The van der Waals surface area contributed by atoms with E-state index in [4.69, 9.17) is 9.47 Å². The van der Waals surface area contributed by atoms with Crippen LogP contribution in [0.3, 0.4) is 0 Å². The quantitative estimate of drug-likeness (QED) is 0.753. The van der Waals surface area contributed by atoms with Gasteiger partial charge in [0.1, 0.15) is 0 Å². The van der Waals surface area contributed by atoms with E-state index in [2.05, 4.69) is 4.90 Å². The maximum atomic E-state index is 11.5. The molecule has 2 saturated carbocycles. The fourth-order valence-electron chi connectivity index (χ4n) is 4.26. The maximum Gasteiger partial charge on any atom is 0.308 e. The predicted molar refractivity (Wildman–Crippen MR) is 64.1 cm³/mol. The van der Waals surface area contributed by atoms with Gasteiger partial charge >= 0.3 is 5.97 Å². The molecule has 5 nitrogen and oxygen atoms in total. The number of likely N-dealkylation sites (tertiary alicyclic amines) is 1. The third-order valence-electron chi connectivity index (χ3n) is 5.21. The molecule has 1 heterocycles. The number of ether oxygens (including phenoxy) is 2. The largest absolute Gasteiger partial charge is 0.481 e. The second kappa shape index (κ2) is 4.18. The Morgan fingerprint density at radius 1 is 1.22 bits per heavy atom. The van der Waals surface area contributed by atoms with Crippen molar-refractivity contribution in [1.29, 1.82) is 0 Å². The summed E-state index contributed by atoms with van der Waals surface area (Å²) in [5.41, 5.74) is 0. The Bertz CT molecular complexity index is 347. The van der Waals surface area contributed by atoms with Gasteiger partial charge in [-0.15, -0.1) is 0 Å². The summed E-state index contributed by atoms with van der Waals surface area (Å²) in [7, 11) is 3.30. The lowest BCUT2D eigenvalue weighted by atomic mass is 9.81. The Labute approximate surface area is 107 Å². The number of aliphatic carboxylic acids is 1. The number of methoxy groups -OCH3 is 2. The molecular weight excluding hydrogens is 234 g/mol. The zero-order valence-electron chi connectivity index (χ0n) is 11.0. The maximum absolute atomic E-state index is 11.5. The molecular formula is C13H21NO4. The highest BCUT2D eigenvalue weighted by atomic mass is 16.7. The zero-order chi connectivity index (χ0) is 12.9. The van der Waals surface area contributed by atoms with E-state index in [1.807, 2.05) is 0 Å². The summed E-state index contributed by atoms with van der Waals surface area (Å²) in [6.07, 6.45) is 3.36. The van der Waals surface area contributed by atoms with Gasteiger partial charge in [0.25, 0.3) is 0 Å². The molecule has 3 aliphatic rings. The highest BCUT2D eigenvalue weighted by Gasteiger charge is 2.58. The highest BCUT2D eigenvalue weighted by Crippen LogP contribution is 2.52. The van der Waals surface area contributed by atoms with Crippen molar-refractivity contribution >= 4 is 5.97 Å². The molecule has 2 bridgehead atoms. The third-order valence-corrected chi connectivity index (χ3v) is 5.21. The van der Waals surface area contributed by atoms with Crippen LogP contribution in [-0.2, 0) is 14.3 Å². The van der Waals surface area contributed by atoms with Gasteiger partial charge in [-0.25, -0.2) is 0 Å². The van der Waals surface area contributed by atoms with Crippen LogP contribution < -0.4 is 0 Å². The second-order valence-electron chi connectivity index (χ2n) is 5.91. The number of carbonyl (C=O) groups is 1. The van der Waals surface area contributed by atoms with Gasteiger partial charge in [-0.3, -0.25) is 9.69 Å². The number of carboxylic acids is 1. The van der Waals surface area contributed by atoms with Crippen LogP contribution in [0.1, 0.15) is 19.3 Å². The van der Waals surface area contributed by atoms with E-state index in [9.17, 15) is 9.90 Å². The molecule has 1 aliphatic heterocycles. The summed E-state index contributed by atoms with van der Waals surface area (Å²) in [4.78, 5) is 13.7. The molecule has 3 fully saturated rings. The van der Waals surface area contributed by atoms with Crippen molar-refractivity contribution in [3.8, 4) is 0 Å². The second-order valence-corrected chi connectivity index (χ2v) is 5.91. The van der Waals surface area contributed by atoms with Crippen LogP contribution >= 0.6 is 0 Å². The van der Waals surface area contributed by atoms with E-state index in [1.165, 1.54) is 6.42 Å². The number of hydrogen-bond acceptors (Lipinski definition) is 4. The number of fused-ring (bicyclic) bond motifs is 2. The first-order chi connectivity index (χ1) is 8.60. The average Bonchev–Trinajstić information content (AvgIpc) is 2.89. The Hall–Kier alpha value is -0.650. The molecule has 18 heavy (non-hydrogen) atoms. The molecule has 0 aromatic heterocycles. The number of rotatable bonds is 4. The molecule has 2 aliphatic carbocycles. The van der Waals surface area contributed by atoms with Gasteiger partial charge in [0.2, 0.25) is 0 Å². The van der Waals surface area contributed by atoms with Crippen LogP contribution in [0.2, 0.25) is 0 Å². The molecule has 0 amide bonds. The van der Waals surface area contributed by atoms with Gasteiger partial charge < -0.3 is 14.6 Å². The monoisotopic (exact) mass is 255 g/mol. The molecule has 0 aromatic rings. The van der Waals surface area contributed by atoms with E-state index < -0.39 is 11.8 Å². The summed E-state index contributed by atoms with van der Waals surface area (Å²) >= 11 is 0. The molecule has 3 rings (SSSR count). The minimum absolute atomic E-state index is 0.185. The van der Waals surface area contributed by atoms with Crippen molar-refractivity contribution in [2.45, 2.75) is 31.1 Å². The predicted octanol–water partition coefficient (Wildman–Crippen LogP) is 0.790. The summed E-state index contributed by atoms with van der Waals surface area (Å²) < 4.78 is 10.8. The van der Waals surface area contributed by atoms with Crippen LogP contribution in [0, 0.1) is 17.8 Å². The van der Waals surface area contributed by atoms with E-state index in [1.54, 1.807) is 14.2 Å². The van der Waals surface area contributed by atoms with Gasteiger partial charge in [0, 0.05) is 20.3 Å². The minimum Gasteiger partial charge on any atom is -0.481 e. The summed E-state index contributed by atoms with van der Waals surface area (Å²) in [5.74, 6) is -0.374.